The third kappa shape index (κ3) is 3.26. The SMILES string of the molecule is CC=C=C(C)OS(=O)(=O)c1ccc(C)cc1. The van der Waals surface area contributed by atoms with Crippen LogP contribution in [0.25, 0.3) is 0 Å². The summed E-state index contributed by atoms with van der Waals surface area (Å²) < 4.78 is 28.3. The first-order chi connectivity index (χ1) is 7.45. The van der Waals surface area contributed by atoms with Gasteiger partial charge in [0.25, 0.3) is 0 Å². The summed E-state index contributed by atoms with van der Waals surface area (Å²) in [4.78, 5) is 0.148. The first-order valence-corrected chi connectivity index (χ1v) is 6.25. The highest BCUT2D eigenvalue weighted by Crippen LogP contribution is 2.15. The molecule has 0 heterocycles. The van der Waals surface area contributed by atoms with Gasteiger partial charge in [0.1, 0.15) is 4.90 Å². The van der Waals surface area contributed by atoms with Crippen LogP contribution in [0.4, 0.5) is 0 Å². The second-order valence-electron chi connectivity index (χ2n) is 3.34. The van der Waals surface area contributed by atoms with Crippen molar-refractivity contribution in [1.82, 2.24) is 0 Å². The Morgan fingerprint density at radius 1 is 1.31 bits per heavy atom. The standard InChI is InChI=1S/C12H14O3S/c1-4-5-11(3)15-16(13,14)12-8-6-10(2)7-9-12/h4,6-9H,1-3H3. The van der Waals surface area contributed by atoms with Gasteiger partial charge in [-0.15, -0.1) is 0 Å². The van der Waals surface area contributed by atoms with Gasteiger partial charge in [0, 0.05) is 6.92 Å². The molecule has 0 saturated carbocycles. The summed E-state index contributed by atoms with van der Waals surface area (Å²) in [6, 6.07) is 6.50. The van der Waals surface area contributed by atoms with E-state index < -0.39 is 10.1 Å². The minimum Gasteiger partial charge on any atom is -0.375 e. The van der Waals surface area contributed by atoms with Crippen LogP contribution in [0.2, 0.25) is 0 Å². The van der Waals surface area contributed by atoms with Crippen LogP contribution < -0.4 is 0 Å². The lowest BCUT2D eigenvalue weighted by molar-refractivity contribution is 0.409. The Labute approximate surface area is 96.2 Å². The van der Waals surface area contributed by atoms with Crippen LogP contribution in [0.5, 0.6) is 0 Å². The highest BCUT2D eigenvalue weighted by molar-refractivity contribution is 7.86. The Morgan fingerprint density at radius 3 is 2.38 bits per heavy atom. The molecule has 3 nitrogen and oxygen atoms in total. The van der Waals surface area contributed by atoms with Crippen molar-refractivity contribution in [3.05, 3.63) is 47.4 Å². The van der Waals surface area contributed by atoms with Crippen molar-refractivity contribution in [2.75, 3.05) is 0 Å². The predicted molar refractivity (Wildman–Crippen MR) is 62.4 cm³/mol. The van der Waals surface area contributed by atoms with E-state index in [4.69, 9.17) is 4.18 Å². The van der Waals surface area contributed by atoms with Gasteiger partial charge in [-0.3, -0.25) is 0 Å². The number of benzene rings is 1. The van der Waals surface area contributed by atoms with Crippen LogP contribution in [0, 0.1) is 6.92 Å². The van der Waals surface area contributed by atoms with Crippen molar-refractivity contribution in [3.8, 4) is 0 Å². The average Bonchev–Trinajstić information content (AvgIpc) is 2.17. The lowest BCUT2D eigenvalue weighted by Crippen LogP contribution is -2.04. The summed E-state index contributed by atoms with van der Waals surface area (Å²) in [5.74, 6) is 0.225. The van der Waals surface area contributed by atoms with E-state index in [-0.39, 0.29) is 10.7 Å². The van der Waals surface area contributed by atoms with Crippen molar-refractivity contribution in [1.29, 1.82) is 0 Å². The molecule has 0 aliphatic rings. The quantitative estimate of drug-likeness (QED) is 0.462. The molecular formula is C12H14O3S. The van der Waals surface area contributed by atoms with E-state index in [0.29, 0.717) is 0 Å². The molecule has 0 amide bonds. The van der Waals surface area contributed by atoms with Crippen molar-refractivity contribution in [2.24, 2.45) is 0 Å². The second-order valence-corrected chi connectivity index (χ2v) is 4.89. The number of hydrogen-bond donors (Lipinski definition) is 0. The highest BCUT2D eigenvalue weighted by Gasteiger charge is 2.15. The van der Waals surface area contributed by atoms with Crippen LogP contribution in [-0.4, -0.2) is 8.42 Å². The summed E-state index contributed by atoms with van der Waals surface area (Å²) in [5.41, 5.74) is 3.67. The lowest BCUT2D eigenvalue weighted by Gasteiger charge is -2.05. The minimum atomic E-state index is -3.72. The van der Waals surface area contributed by atoms with E-state index in [0.717, 1.165) is 5.56 Å². The van der Waals surface area contributed by atoms with Gasteiger partial charge in [-0.05, 0) is 32.1 Å². The fourth-order valence-corrected chi connectivity index (χ4v) is 2.09. The largest absolute Gasteiger partial charge is 0.375 e. The zero-order chi connectivity index (χ0) is 12.2. The van der Waals surface area contributed by atoms with Crippen LogP contribution in [-0.2, 0) is 14.3 Å². The monoisotopic (exact) mass is 238 g/mol. The first kappa shape index (κ1) is 12.6. The highest BCUT2D eigenvalue weighted by atomic mass is 32.2. The lowest BCUT2D eigenvalue weighted by atomic mass is 10.2. The van der Waals surface area contributed by atoms with Crippen molar-refractivity contribution < 1.29 is 12.6 Å². The zero-order valence-corrected chi connectivity index (χ0v) is 10.3. The van der Waals surface area contributed by atoms with Gasteiger partial charge in [-0.1, -0.05) is 23.4 Å². The Balaban J connectivity index is 3.04. The molecule has 4 heteroatoms. The maximum atomic E-state index is 11.7. The Bertz CT molecular complexity index is 518. The van der Waals surface area contributed by atoms with E-state index >= 15 is 0 Å². The molecule has 0 aromatic heterocycles. The molecule has 0 radical (unpaired) electrons. The molecule has 0 saturated heterocycles. The minimum absolute atomic E-state index is 0.148. The average molecular weight is 238 g/mol. The molecule has 1 aromatic carbocycles. The summed E-state index contributed by atoms with van der Waals surface area (Å²) in [6.45, 7) is 5.18. The van der Waals surface area contributed by atoms with Crippen LogP contribution in [0.1, 0.15) is 19.4 Å². The maximum Gasteiger partial charge on any atom is 0.339 e. The maximum absolute atomic E-state index is 11.7. The molecule has 0 bridgehead atoms. The van der Waals surface area contributed by atoms with Crippen molar-refractivity contribution in [3.63, 3.8) is 0 Å². The second kappa shape index (κ2) is 5.01. The molecule has 0 atom stereocenters. The Hall–Kier alpha value is -1.51. The summed E-state index contributed by atoms with van der Waals surface area (Å²) >= 11 is 0. The fraction of sp³-hybridized carbons (Fsp3) is 0.250. The molecule has 86 valence electrons. The molecule has 0 fully saturated rings. The normalized spacial score (nSPS) is 10.4. The molecule has 0 unspecified atom stereocenters. The van der Waals surface area contributed by atoms with Gasteiger partial charge in [0.05, 0.1) is 0 Å². The number of rotatable bonds is 3. The molecule has 0 aliphatic carbocycles. The third-order valence-electron chi connectivity index (χ3n) is 1.89. The van der Waals surface area contributed by atoms with Crippen LogP contribution in [0.3, 0.4) is 0 Å². The number of allylic oxidation sites excluding steroid dienone is 1. The van der Waals surface area contributed by atoms with E-state index in [1.54, 1.807) is 32.1 Å². The predicted octanol–water partition coefficient (Wildman–Crippen LogP) is 2.78. The van der Waals surface area contributed by atoms with E-state index in [2.05, 4.69) is 5.73 Å². The topological polar surface area (TPSA) is 43.4 Å². The molecule has 1 aromatic rings. The van der Waals surface area contributed by atoms with Crippen LogP contribution in [0.15, 0.2) is 46.7 Å². The number of aryl methyl sites for hydroxylation is 1. The number of hydrogen-bond acceptors (Lipinski definition) is 3. The Kier molecular flexibility index (Phi) is 3.93. The van der Waals surface area contributed by atoms with Gasteiger partial charge in [0.15, 0.2) is 5.76 Å². The molecular weight excluding hydrogens is 224 g/mol. The summed E-state index contributed by atoms with van der Waals surface area (Å²) in [7, 11) is -3.72. The fourth-order valence-electron chi connectivity index (χ4n) is 1.14. The third-order valence-corrected chi connectivity index (χ3v) is 3.21. The van der Waals surface area contributed by atoms with Gasteiger partial charge >= 0.3 is 10.1 Å². The molecule has 0 N–H and O–H groups in total. The van der Waals surface area contributed by atoms with Gasteiger partial charge < -0.3 is 4.18 Å². The molecule has 1 rings (SSSR count). The van der Waals surface area contributed by atoms with E-state index in [9.17, 15) is 8.42 Å². The molecule has 0 aliphatic heterocycles. The van der Waals surface area contributed by atoms with Gasteiger partial charge in [-0.2, -0.15) is 8.42 Å². The molecule has 16 heavy (non-hydrogen) atoms. The van der Waals surface area contributed by atoms with Crippen LogP contribution >= 0.6 is 0 Å². The summed E-state index contributed by atoms with van der Waals surface area (Å²) in [5, 5.41) is 0. The van der Waals surface area contributed by atoms with Gasteiger partial charge in [-0.25, -0.2) is 0 Å². The van der Waals surface area contributed by atoms with E-state index in [1.807, 2.05) is 6.92 Å². The van der Waals surface area contributed by atoms with Crippen molar-refractivity contribution >= 4 is 10.1 Å². The van der Waals surface area contributed by atoms with E-state index in [1.165, 1.54) is 12.1 Å². The summed E-state index contributed by atoms with van der Waals surface area (Å²) in [6.07, 6.45) is 1.60. The smallest absolute Gasteiger partial charge is 0.339 e. The zero-order valence-electron chi connectivity index (χ0n) is 9.52. The first-order valence-electron chi connectivity index (χ1n) is 4.85. The van der Waals surface area contributed by atoms with Gasteiger partial charge in [0.2, 0.25) is 0 Å². The molecule has 0 spiro atoms. The Morgan fingerprint density at radius 2 is 1.88 bits per heavy atom. The van der Waals surface area contributed by atoms with Crippen molar-refractivity contribution in [2.45, 2.75) is 25.7 Å².